The van der Waals surface area contributed by atoms with E-state index < -0.39 is 0 Å². The lowest BCUT2D eigenvalue weighted by Crippen LogP contribution is -2.52. The summed E-state index contributed by atoms with van der Waals surface area (Å²) in [7, 11) is 0. The molecule has 0 unspecified atom stereocenters. The molecular weight excluding hydrogens is 356 g/mol. The van der Waals surface area contributed by atoms with Gasteiger partial charge in [-0.3, -0.25) is 9.69 Å². The topological polar surface area (TPSA) is 23.6 Å². The van der Waals surface area contributed by atoms with Crippen molar-refractivity contribution in [2.24, 2.45) is 0 Å². The Balaban J connectivity index is 1.80. The molecule has 1 fully saturated rings. The maximum atomic E-state index is 13.3. The number of hydrogen-bond donors (Lipinski definition) is 0. The number of rotatable bonds is 4. The zero-order chi connectivity index (χ0) is 19.4. The fourth-order valence-electron chi connectivity index (χ4n) is 3.81. The van der Waals surface area contributed by atoms with Gasteiger partial charge in [0.15, 0.2) is 0 Å². The van der Waals surface area contributed by atoms with Crippen molar-refractivity contribution in [2.45, 2.75) is 51.6 Å². The summed E-state index contributed by atoms with van der Waals surface area (Å²) in [6.45, 7) is 8.79. The van der Waals surface area contributed by atoms with Gasteiger partial charge in [0.25, 0.3) is 0 Å². The van der Waals surface area contributed by atoms with E-state index in [1.54, 1.807) is 0 Å². The minimum absolute atomic E-state index is 0.151. The van der Waals surface area contributed by atoms with Crippen molar-refractivity contribution in [1.82, 2.24) is 4.90 Å². The van der Waals surface area contributed by atoms with E-state index in [0.717, 1.165) is 37.2 Å². The van der Waals surface area contributed by atoms with Crippen molar-refractivity contribution in [3.05, 3.63) is 65.2 Å². The van der Waals surface area contributed by atoms with Crippen LogP contribution in [0.1, 0.15) is 39.2 Å². The standard InChI is InChI=1S/C23H29ClN2O/c1-23(2,3)25-15-13-21(14-16-25)26(20-11-9-19(24)10-12-20)22(27)17-18-7-5-4-6-8-18/h4-12,21H,13-17H2,1-3H3. The summed E-state index contributed by atoms with van der Waals surface area (Å²) in [5.74, 6) is 0.151. The molecule has 3 nitrogen and oxygen atoms in total. The van der Waals surface area contributed by atoms with E-state index in [1.807, 2.05) is 59.5 Å². The third kappa shape index (κ3) is 5.12. The highest BCUT2D eigenvalue weighted by molar-refractivity contribution is 6.30. The molecule has 1 aliphatic rings. The van der Waals surface area contributed by atoms with Crippen LogP contribution in [-0.2, 0) is 11.2 Å². The molecule has 0 radical (unpaired) electrons. The summed E-state index contributed by atoms with van der Waals surface area (Å²) < 4.78 is 0. The van der Waals surface area contributed by atoms with Crippen molar-refractivity contribution < 1.29 is 4.79 Å². The Hall–Kier alpha value is -1.84. The van der Waals surface area contributed by atoms with Crippen LogP contribution in [0.25, 0.3) is 0 Å². The smallest absolute Gasteiger partial charge is 0.231 e. The second-order valence-electron chi connectivity index (χ2n) is 8.29. The molecule has 1 saturated heterocycles. The van der Waals surface area contributed by atoms with Crippen molar-refractivity contribution in [1.29, 1.82) is 0 Å². The number of carbonyl (C=O) groups excluding carboxylic acids is 1. The Morgan fingerprint density at radius 3 is 2.19 bits per heavy atom. The fourth-order valence-corrected chi connectivity index (χ4v) is 3.94. The van der Waals surface area contributed by atoms with Crippen LogP contribution in [0.3, 0.4) is 0 Å². The third-order valence-electron chi connectivity index (χ3n) is 5.35. The lowest BCUT2D eigenvalue weighted by atomic mass is 9.96. The van der Waals surface area contributed by atoms with Crippen molar-refractivity contribution >= 4 is 23.2 Å². The third-order valence-corrected chi connectivity index (χ3v) is 5.60. The molecule has 0 atom stereocenters. The molecule has 144 valence electrons. The first-order valence-electron chi connectivity index (χ1n) is 9.71. The molecule has 3 rings (SSSR count). The SMILES string of the molecule is CC(C)(C)N1CCC(N(C(=O)Cc2ccccc2)c2ccc(Cl)cc2)CC1. The van der Waals surface area contributed by atoms with Gasteiger partial charge in [0, 0.05) is 35.4 Å². The number of anilines is 1. The summed E-state index contributed by atoms with van der Waals surface area (Å²) in [6.07, 6.45) is 2.39. The fraction of sp³-hybridized carbons (Fsp3) is 0.435. The van der Waals surface area contributed by atoms with E-state index in [1.165, 1.54) is 0 Å². The zero-order valence-electron chi connectivity index (χ0n) is 16.5. The largest absolute Gasteiger partial charge is 0.309 e. The Bertz CT molecular complexity index is 744. The normalized spacial score (nSPS) is 16.3. The summed E-state index contributed by atoms with van der Waals surface area (Å²) in [5, 5.41) is 0.691. The predicted octanol–water partition coefficient (Wildman–Crippen LogP) is 5.18. The molecule has 0 bridgehead atoms. The molecule has 0 aromatic heterocycles. The second kappa shape index (κ2) is 8.45. The number of amides is 1. The Morgan fingerprint density at radius 1 is 1.04 bits per heavy atom. The highest BCUT2D eigenvalue weighted by Crippen LogP contribution is 2.28. The first kappa shape index (κ1) is 19.9. The molecule has 0 N–H and O–H groups in total. The van der Waals surface area contributed by atoms with Crippen LogP contribution in [0, 0.1) is 0 Å². The molecule has 2 aromatic rings. The molecular formula is C23H29ClN2O. The van der Waals surface area contributed by atoms with Gasteiger partial charge in [-0.05, 0) is 63.4 Å². The molecule has 27 heavy (non-hydrogen) atoms. The van der Waals surface area contributed by atoms with Gasteiger partial charge >= 0.3 is 0 Å². The van der Waals surface area contributed by atoms with Crippen molar-refractivity contribution in [3.8, 4) is 0 Å². The van der Waals surface area contributed by atoms with Gasteiger partial charge in [0.2, 0.25) is 5.91 Å². The number of benzene rings is 2. The minimum Gasteiger partial charge on any atom is -0.309 e. The molecule has 1 aliphatic heterocycles. The van der Waals surface area contributed by atoms with E-state index in [-0.39, 0.29) is 17.5 Å². The molecule has 2 aromatic carbocycles. The number of nitrogens with zero attached hydrogens (tertiary/aromatic N) is 2. The van der Waals surface area contributed by atoms with Gasteiger partial charge in [-0.15, -0.1) is 0 Å². The molecule has 1 heterocycles. The van der Waals surface area contributed by atoms with Gasteiger partial charge in [-0.2, -0.15) is 0 Å². The molecule has 4 heteroatoms. The van der Waals surface area contributed by atoms with Gasteiger partial charge in [-0.1, -0.05) is 41.9 Å². The van der Waals surface area contributed by atoms with Crippen molar-refractivity contribution in [3.63, 3.8) is 0 Å². The molecule has 0 saturated carbocycles. The average molecular weight is 385 g/mol. The van der Waals surface area contributed by atoms with Gasteiger partial charge in [0.05, 0.1) is 6.42 Å². The quantitative estimate of drug-likeness (QED) is 0.725. The Labute approximate surface area is 167 Å². The van der Waals surface area contributed by atoms with E-state index in [0.29, 0.717) is 11.4 Å². The van der Waals surface area contributed by atoms with E-state index in [9.17, 15) is 4.79 Å². The van der Waals surface area contributed by atoms with E-state index in [4.69, 9.17) is 11.6 Å². The van der Waals surface area contributed by atoms with Crippen LogP contribution in [0.2, 0.25) is 5.02 Å². The van der Waals surface area contributed by atoms with Crippen LogP contribution >= 0.6 is 11.6 Å². The number of piperidine rings is 1. The molecule has 1 amide bonds. The lowest BCUT2D eigenvalue weighted by molar-refractivity contribution is -0.118. The number of halogens is 1. The summed E-state index contributed by atoms with van der Waals surface area (Å²) in [5.41, 5.74) is 2.16. The highest BCUT2D eigenvalue weighted by Gasteiger charge is 2.32. The van der Waals surface area contributed by atoms with E-state index in [2.05, 4.69) is 25.7 Å². The summed E-state index contributed by atoms with van der Waals surface area (Å²) in [4.78, 5) is 17.8. The average Bonchev–Trinajstić information content (AvgIpc) is 2.64. The summed E-state index contributed by atoms with van der Waals surface area (Å²) in [6, 6.07) is 17.8. The number of likely N-dealkylation sites (tertiary alicyclic amines) is 1. The number of carbonyl (C=O) groups is 1. The van der Waals surface area contributed by atoms with Crippen LogP contribution in [-0.4, -0.2) is 35.5 Å². The first-order valence-corrected chi connectivity index (χ1v) is 10.1. The minimum atomic E-state index is 0.151. The van der Waals surface area contributed by atoms with E-state index >= 15 is 0 Å². The van der Waals surface area contributed by atoms with Crippen LogP contribution in [0.4, 0.5) is 5.69 Å². The second-order valence-corrected chi connectivity index (χ2v) is 8.73. The van der Waals surface area contributed by atoms with Gasteiger partial charge in [0.1, 0.15) is 0 Å². The predicted molar refractivity (Wildman–Crippen MR) is 113 cm³/mol. The van der Waals surface area contributed by atoms with Gasteiger partial charge < -0.3 is 4.90 Å². The summed E-state index contributed by atoms with van der Waals surface area (Å²) >= 11 is 6.07. The van der Waals surface area contributed by atoms with Crippen molar-refractivity contribution in [2.75, 3.05) is 18.0 Å². The Morgan fingerprint density at radius 2 is 1.63 bits per heavy atom. The number of hydrogen-bond acceptors (Lipinski definition) is 2. The lowest BCUT2D eigenvalue weighted by Gasteiger charge is -2.44. The Kier molecular flexibility index (Phi) is 6.23. The molecule has 0 aliphatic carbocycles. The first-order chi connectivity index (χ1) is 12.8. The highest BCUT2D eigenvalue weighted by atomic mass is 35.5. The maximum Gasteiger partial charge on any atom is 0.231 e. The zero-order valence-corrected chi connectivity index (χ0v) is 17.2. The monoisotopic (exact) mass is 384 g/mol. The van der Waals surface area contributed by atoms with Crippen LogP contribution in [0.5, 0.6) is 0 Å². The van der Waals surface area contributed by atoms with Crippen LogP contribution in [0.15, 0.2) is 54.6 Å². The maximum absolute atomic E-state index is 13.3. The van der Waals surface area contributed by atoms with Crippen LogP contribution < -0.4 is 4.90 Å². The molecule has 0 spiro atoms. The van der Waals surface area contributed by atoms with Gasteiger partial charge in [-0.25, -0.2) is 0 Å².